The van der Waals surface area contributed by atoms with Crippen molar-refractivity contribution in [1.82, 2.24) is 9.21 Å². The van der Waals surface area contributed by atoms with Gasteiger partial charge in [-0.05, 0) is 37.3 Å². The summed E-state index contributed by atoms with van der Waals surface area (Å²) in [5, 5.41) is 0.0441. The van der Waals surface area contributed by atoms with Gasteiger partial charge in [0.15, 0.2) is 0 Å². The molecule has 1 aliphatic rings. The molecule has 0 spiro atoms. The number of ether oxygens (including phenoxy) is 1. The molecule has 0 bridgehead atoms. The number of benzene rings is 1. The molecule has 0 N–H and O–H groups in total. The topological polar surface area (TPSA) is 97.1 Å². The molecule has 0 radical (unpaired) electrons. The summed E-state index contributed by atoms with van der Waals surface area (Å²) in [5.74, 6) is -1.57. The molecule has 1 fully saturated rings. The maximum atomic E-state index is 13.9. The second kappa shape index (κ2) is 8.40. The molecule has 1 aliphatic heterocycles. The van der Waals surface area contributed by atoms with E-state index in [0.717, 1.165) is 0 Å². The maximum absolute atomic E-state index is 13.9. The summed E-state index contributed by atoms with van der Waals surface area (Å²) in [4.78, 5) is 26.5. The molecule has 1 aromatic carbocycles. The van der Waals surface area contributed by atoms with Crippen LogP contribution in [-0.2, 0) is 14.8 Å². The van der Waals surface area contributed by atoms with Gasteiger partial charge in [-0.25, -0.2) is 17.6 Å². The van der Waals surface area contributed by atoms with Crippen molar-refractivity contribution in [3.05, 3.63) is 52.9 Å². The van der Waals surface area contributed by atoms with Gasteiger partial charge in [0.1, 0.15) is 5.82 Å². The average Bonchev–Trinajstić information content (AvgIpc) is 3.42. The number of amides is 1. The molecule has 4 rings (SSSR count). The molecule has 0 saturated carbocycles. The molecule has 1 amide bonds. The molecule has 1 saturated heterocycles. The molecule has 2 aromatic heterocycles. The highest BCUT2D eigenvalue weighted by Crippen LogP contribution is 2.29. The Morgan fingerprint density at radius 3 is 2.58 bits per heavy atom. The van der Waals surface area contributed by atoms with Crippen molar-refractivity contribution in [1.29, 1.82) is 0 Å². The number of nitrogens with zero attached hydrogens (tertiary/aromatic N) is 2. The lowest BCUT2D eigenvalue weighted by Gasteiger charge is -2.33. The summed E-state index contributed by atoms with van der Waals surface area (Å²) in [6.07, 6.45) is 0. The van der Waals surface area contributed by atoms with Crippen LogP contribution < -0.4 is 0 Å². The lowest BCUT2D eigenvalue weighted by Crippen LogP contribution is -2.50. The highest BCUT2D eigenvalue weighted by atomic mass is 32.2. The summed E-state index contributed by atoms with van der Waals surface area (Å²) >= 11 is 1.20. The highest BCUT2D eigenvalue weighted by Gasteiger charge is 2.33. The minimum atomic E-state index is -3.96. The van der Waals surface area contributed by atoms with Gasteiger partial charge in [0.2, 0.25) is 10.9 Å². The molecular weight excluding hydrogens is 447 g/mol. The predicted molar refractivity (Wildman–Crippen MR) is 111 cm³/mol. The van der Waals surface area contributed by atoms with Crippen molar-refractivity contribution in [2.45, 2.75) is 12.0 Å². The zero-order valence-electron chi connectivity index (χ0n) is 16.5. The fourth-order valence-corrected chi connectivity index (χ4v) is 5.69. The fraction of sp³-hybridized carbons (Fsp3) is 0.300. The van der Waals surface area contributed by atoms with Crippen LogP contribution in [0.5, 0.6) is 0 Å². The summed E-state index contributed by atoms with van der Waals surface area (Å²) in [7, 11) is -3.96. The van der Waals surface area contributed by atoms with Gasteiger partial charge in [-0.1, -0.05) is 6.07 Å². The molecule has 3 aromatic rings. The number of rotatable bonds is 5. The molecular formula is C20H19FN2O6S2. The number of hydrogen-bond donors (Lipinski definition) is 0. The van der Waals surface area contributed by atoms with Crippen LogP contribution in [0.25, 0.3) is 10.1 Å². The Bertz CT molecular complexity index is 1240. The molecule has 0 atom stereocenters. The van der Waals surface area contributed by atoms with Gasteiger partial charge in [0.05, 0.1) is 11.5 Å². The standard InChI is InChI=1S/C20H19FN2O6S2/c1-2-28-20(25)15-6-7-18(29-15)31(26,27)23-10-8-22(9-11-23)19(24)17-12-13-14(21)4-3-5-16(13)30-17/h3-7,12H,2,8-11H2,1H3. The van der Waals surface area contributed by atoms with Crippen molar-refractivity contribution >= 4 is 43.3 Å². The minimum Gasteiger partial charge on any atom is -0.460 e. The predicted octanol–water partition coefficient (Wildman–Crippen LogP) is 2.96. The number of thiophene rings is 1. The third kappa shape index (κ3) is 4.08. The SMILES string of the molecule is CCOC(=O)c1ccc(S(=O)(=O)N2CCN(C(=O)c3cc4c(F)cccc4s3)CC2)o1. The molecule has 31 heavy (non-hydrogen) atoms. The number of carbonyl (C=O) groups excluding carboxylic acids is 2. The lowest BCUT2D eigenvalue weighted by atomic mass is 10.2. The monoisotopic (exact) mass is 466 g/mol. The van der Waals surface area contributed by atoms with E-state index in [1.54, 1.807) is 24.0 Å². The third-order valence-electron chi connectivity index (χ3n) is 4.90. The van der Waals surface area contributed by atoms with Crippen LogP contribution in [0.2, 0.25) is 0 Å². The maximum Gasteiger partial charge on any atom is 0.374 e. The molecule has 164 valence electrons. The number of halogens is 1. The van der Waals surface area contributed by atoms with Gasteiger partial charge in [0.25, 0.3) is 15.9 Å². The van der Waals surface area contributed by atoms with E-state index in [-0.39, 0.29) is 55.4 Å². The zero-order chi connectivity index (χ0) is 22.2. The first-order valence-corrected chi connectivity index (χ1v) is 11.8. The Balaban J connectivity index is 1.44. The number of esters is 1. The van der Waals surface area contributed by atoms with Crippen LogP contribution in [0.3, 0.4) is 0 Å². The minimum absolute atomic E-state index is 0.0722. The smallest absolute Gasteiger partial charge is 0.374 e. The Morgan fingerprint density at radius 2 is 1.90 bits per heavy atom. The Kier molecular flexibility index (Phi) is 5.82. The van der Waals surface area contributed by atoms with Gasteiger partial charge in [0, 0.05) is 36.3 Å². The van der Waals surface area contributed by atoms with E-state index in [2.05, 4.69) is 0 Å². The first-order chi connectivity index (χ1) is 14.8. The van der Waals surface area contributed by atoms with Crippen LogP contribution in [0.4, 0.5) is 4.39 Å². The number of sulfonamides is 1. The number of furan rings is 1. The van der Waals surface area contributed by atoms with E-state index >= 15 is 0 Å². The Labute approximate surface area is 181 Å². The third-order valence-corrected chi connectivity index (χ3v) is 7.76. The van der Waals surface area contributed by atoms with E-state index in [1.807, 2.05) is 0 Å². The van der Waals surface area contributed by atoms with Crippen LogP contribution in [0.1, 0.15) is 27.2 Å². The summed E-state index contributed by atoms with van der Waals surface area (Å²) in [6.45, 7) is 2.28. The van der Waals surface area contributed by atoms with Crippen molar-refractivity contribution < 1.29 is 31.6 Å². The first kappa shape index (κ1) is 21.5. The summed E-state index contributed by atoms with van der Waals surface area (Å²) < 4.78 is 51.4. The summed E-state index contributed by atoms with van der Waals surface area (Å²) in [6, 6.07) is 8.68. The first-order valence-electron chi connectivity index (χ1n) is 9.55. The van der Waals surface area contributed by atoms with E-state index in [4.69, 9.17) is 9.15 Å². The zero-order valence-corrected chi connectivity index (χ0v) is 18.2. The van der Waals surface area contributed by atoms with Gasteiger partial charge in [-0.3, -0.25) is 4.79 Å². The molecule has 0 aliphatic carbocycles. The number of fused-ring (bicyclic) bond motifs is 1. The van der Waals surface area contributed by atoms with Gasteiger partial charge < -0.3 is 14.1 Å². The molecule has 0 unspecified atom stereocenters. The summed E-state index contributed by atoms with van der Waals surface area (Å²) in [5.41, 5.74) is 0. The molecule has 11 heteroatoms. The molecule has 3 heterocycles. The van der Waals surface area contributed by atoms with Crippen molar-refractivity contribution in [2.24, 2.45) is 0 Å². The average molecular weight is 467 g/mol. The van der Waals surface area contributed by atoms with Crippen molar-refractivity contribution in [3.8, 4) is 0 Å². The normalized spacial score (nSPS) is 15.4. The Hall–Kier alpha value is -2.76. The van der Waals surface area contributed by atoms with E-state index < -0.39 is 16.0 Å². The lowest BCUT2D eigenvalue weighted by molar-refractivity contribution is 0.0483. The van der Waals surface area contributed by atoms with Gasteiger partial charge >= 0.3 is 5.97 Å². The van der Waals surface area contributed by atoms with Crippen molar-refractivity contribution in [3.63, 3.8) is 0 Å². The second-order valence-electron chi connectivity index (χ2n) is 6.80. The molecule has 8 nitrogen and oxygen atoms in total. The fourth-order valence-electron chi connectivity index (χ4n) is 3.32. The van der Waals surface area contributed by atoms with E-state index in [1.165, 1.54) is 39.9 Å². The number of carbonyl (C=O) groups is 2. The van der Waals surface area contributed by atoms with Crippen LogP contribution in [0.15, 0.2) is 45.9 Å². The number of piperazine rings is 1. The quantitative estimate of drug-likeness (QED) is 0.537. The Morgan fingerprint density at radius 1 is 1.16 bits per heavy atom. The van der Waals surface area contributed by atoms with Gasteiger partial charge in [-0.15, -0.1) is 11.3 Å². The van der Waals surface area contributed by atoms with Gasteiger partial charge in [-0.2, -0.15) is 4.31 Å². The highest BCUT2D eigenvalue weighted by molar-refractivity contribution is 7.89. The largest absolute Gasteiger partial charge is 0.460 e. The second-order valence-corrected chi connectivity index (χ2v) is 9.75. The van der Waals surface area contributed by atoms with Crippen LogP contribution >= 0.6 is 11.3 Å². The van der Waals surface area contributed by atoms with Crippen molar-refractivity contribution in [2.75, 3.05) is 32.8 Å². The number of hydrogen-bond acceptors (Lipinski definition) is 7. The van der Waals surface area contributed by atoms with Crippen LogP contribution in [-0.4, -0.2) is 62.3 Å². The van der Waals surface area contributed by atoms with E-state index in [0.29, 0.717) is 15.0 Å². The van der Waals surface area contributed by atoms with Crippen LogP contribution in [0, 0.1) is 5.82 Å². The van der Waals surface area contributed by atoms with E-state index in [9.17, 15) is 22.4 Å².